The molecule has 9 heteroatoms. The predicted octanol–water partition coefficient (Wildman–Crippen LogP) is 2.63. The van der Waals surface area contributed by atoms with E-state index < -0.39 is 0 Å². The Bertz CT molecular complexity index is 937. The lowest BCUT2D eigenvalue weighted by molar-refractivity contribution is -0.0754. The van der Waals surface area contributed by atoms with E-state index in [2.05, 4.69) is 16.8 Å². The first kappa shape index (κ1) is 21.6. The van der Waals surface area contributed by atoms with Crippen LogP contribution in [-0.4, -0.2) is 66.8 Å². The number of hydrogen-bond acceptors (Lipinski definition) is 7. The quantitative estimate of drug-likeness (QED) is 0.538. The summed E-state index contributed by atoms with van der Waals surface area (Å²) in [4.78, 5) is 38.3. The molecule has 158 valence electrons. The lowest BCUT2D eigenvalue weighted by Gasteiger charge is -2.38. The molecule has 3 rings (SSSR count). The molecule has 30 heavy (non-hydrogen) atoms. The lowest BCUT2D eigenvalue weighted by Crippen LogP contribution is -2.54. The molecule has 0 saturated carbocycles. The minimum Gasteiger partial charge on any atom is -0.445 e. The highest BCUT2D eigenvalue weighted by atomic mass is 32.1. The first-order valence-electron chi connectivity index (χ1n) is 9.46. The second-order valence-electron chi connectivity index (χ2n) is 6.58. The highest BCUT2D eigenvalue weighted by molar-refractivity contribution is 7.17. The van der Waals surface area contributed by atoms with Gasteiger partial charge in [0.1, 0.15) is 17.5 Å². The second-order valence-corrected chi connectivity index (χ2v) is 7.59. The van der Waals surface area contributed by atoms with E-state index >= 15 is 0 Å². The van der Waals surface area contributed by atoms with Crippen molar-refractivity contribution in [3.8, 4) is 11.8 Å². The van der Waals surface area contributed by atoms with Crippen LogP contribution in [0.25, 0.3) is 0 Å². The molecule has 0 spiro atoms. The van der Waals surface area contributed by atoms with E-state index in [9.17, 15) is 9.59 Å². The molecule has 0 bridgehead atoms. The molecule has 2 amide bonds. The van der Waals surface area contributed by atoms with Crippen molar-refractivity contribution in [3.05, 3.63) is 47.0 Å². The molecule has 1 aromatic carbocycles. The number of anilines is 1. The van der Waals surface area contributed by atoms with Gasteiger partial charge in [0.25, 0.3) is 5.91 Å². The summed E-state index contributed by atoms with van der Waals surface area (Å²) < 4.78 is 5.45. The third-order valence-electron chi connectivity index (χ3n) is 4.66. The number of piperazine rings is 1. The molecular weight excluding hydrogens is 404 g/mol. The van der Waals surface area contributed by atoms with Crippen molar-refractivity contribution >= 4 is 28.5 Å². The number of rotatable bonds is 5. The fraction of sp³-hybridized carbons (Fsp3) is 0.381. The standard InChI is InChI=1S/C21H24N4O4S/c1-4-8-17-14-24(21(27)29-15-16-9-6-5-7-10-16)11-12-25(17)20-22-13-18(30-20)19(26)23(2)28-3/h5-7,9-10,13,17H,11-12,14-15H2,1-3H3/t17-/m0/s1. The van der Waals surface area contributed by atoms with Crippen LogP contribution in [0.4, 0.5) is 9.93 Å². The van der Waals surface area contributed by atoms with E-state index in [1.807, 2.05) is 35.2 Å². The Morgan fingerprint density at radius 3 is 2.77 bits per heavy atom. The van der Waals surface area contributed by atoms with Crippen molar-refractivity contribution in [2.75, 3.05) is 38.7 Å². The minimum atomic E-state index is -0.363. The first-order chi connectivity index (χ1) is 14.5. The SMILES string of the molecule is CC#C[C@H]1CN(C(=O)OCc2ccccc2)CCN1c1ncc(C(=O)N(C)OC)s1. The molecule has 1 fully saturated rings. The Kier molecular flexibility index (Phi) is 7.27. The average molecular weight is 429 g/mol. The molecule has 0 N–H and O–H groups in total. The van der Waals surface area contributed by atoms with Gasteiger partial charge in [-0.3, -0.25) is 9.63 Å². The van der Waals surface area contributed by atoms with Crippen LogP contribution in [0, 0.1) is 11.8 Å². The zero-order valence-electron chi connectivity index (χ0n) is 17.2. The summed E-state index contributed by atoms with van der Waals surface area (Å²) in [5.41, 5.74) is 0.940. The Labute approximate surface area is 180 Å². The molecule has 2 aromatic rings. The van der Waals surface area contributed by atoms with Crippen LogP contribution >= 0.6 is 11.3 Å². The summed E-state index contributed by atoms with van der Waals surface area (Å²) in [5.74, 6) is 5.80. The van der Waals surface area contributed by atoms with Crippen molar-refractivity contribution in [1.82, 2.24) is 14.9 Å². The molecular formula is C21H24N4O4S. The summed E-state index contributed by atoms with van der Waals surface area (Å²) in [5, 5.41) is 1.84. The fourth-order valence-electron chi connectivity index (χ4n) is 3.01. The van der Waals surface area contributed by atoms with Gasteiger partial charge in [-0.25, -0.2) is 14.8 Å². The van der Waals surface area contributed by atoms with Crippen molar-refractivity contribution in [2.24, 2.45) is 0 Å². The smallest absolute Gasteiger partial charge is 0.410 e. The van der Waals surface area contributed by atoms with Crippen LogP contribution < -0.4 is 4.90 Å². The minimum absolute atomic E-state index is 0.231. The van der Waals surface area contributed by atoms with Gasteiger partial charge in [-0.15, -0.1) is 5.92 Å². The van der Waals surface area contributed by atoms with Gasteiger partial charge in [-0.2, -0.15) is 0 Å². The Morgan fingerprint density at radius 1 is 1.30 bits per heavy atom. The van der Waals surface area contributed by atoms with Crippen LogP contribution in [0.2, 0.25) is 0 Å². The van der Waals surface area contributed by atoms with Crippen LogP contribution in [0.1, 0.15) is 22.2 Å². The summed E-state index contributed by atoms with van der Waals surface area (Å²) in [7, 11) is 2.98. The molecule has 8 nitrogen and oxygen atoms in total. The number of aromatic nitrogens is 1. The zero-order chi connectivity index (χ0) is 21.5. The Hall–Kier alpha value is -3.09. The van der Waals surface area contributed by atoms with Gasteiger partial charge in [0.05, 0.1) is 19.9 Å². The molecule has 1 aromatic heterocycles. The van der Waals surface area contributed by atoms with Gasteiger partial charge < -0.3 is 14.5 Å². The molecule has 0 aliphatic carbocycles. The number of hydrogen-bond donors (Lipinski definition) is 0. The van der Waals surface area contributed by atoms with E-state index in [4.69, 9.17) is 9.57 Å². The number of nitrogens with zero attached hydrogens (tertiary/aromatic N) is 4. The van der Waals surface area contributed by atoms with Gasteiger partial charge in [-0.1, -0.05) is 47.6 Å². The summed E-state index contributed by atoms with van der Waals surface area (Å²) in [6.45, 7) is 3.41. The van der Waals surface area contributed by atoms with E-state index in [0.717, 1.165) is 10.6 Å². The molecule has 1 aliphatic heterocycles. The molecule has 2 heterocycles. The number of carbonyl (C=O) groups is 2. The third-order valence-corrected chi connectivity index (χ3v) is 5.69. The number of benzene rings is 1. The van der Waals surface area contributed by atoms with Gasteiger partial charge in [0.15, 0.2) is 5.13 Å². The molecule has 0 unspecified atom stereocenters. The van der Waals surface area contributed by atoms with Crippen LogP contribution in [-0.2, 0) is 16.2 Å². The average Bonchev–Trinajstić information content (AvgIpc) is 3.27. The van der Waals surface area contributed by atoms with Gasteiger partial charge in [0, 0.05) is 20.1 Å². The fourth-order valence-corrected chi connectivity index (χ4v) is 3.97. The topological polar surface area (TPSA) is 75.2 Å². The van der Waals surface area contributed by atoms with Crippen molar-refractivity contribution < 1.29 is 19.2 Å². The van der Waals surface area contributed by atoms with E-state index in [-0.39, 0.29) is 24.6 Å². The van der Waals surface area contributed by atoms with Crippen molar-refractivity contribution in [1.29, 1.82) is 0 Å². The van der Waals surface area contributed by atoms with Gasteiger partial charge in [-0.05, 0) is 12.5 Å². The first-order valence-corrected chi connectivity index (χ1v) is 10.3. The van der Waals surface area contributed by atoms with E-state index in [0.29, 0.717) is 29.6 Å². The van der Waals surface area contributed by atoms with E-state index in [1.165, 1.54) is 24.6 Å². The number of ether oxygens (including phenoxy) is 1. The largest absolute Gasteiger partial charge is 0.445 e. The summed E-state index contributed by atoms with van der Waals surface area (Å²) >= 11 is 1.28. The number of amides is 2. The monoisotopic (exact) mass is 428 g/mol. The number of thiazole rings is 1. The highest BCUT2D eigenvalue weighted by Gasteiger charge is 2.31. The normalized spacial score (nSPS) is 15.9. The maximum Gasteiger partial charge on any atom is 0.410 e. The second kappa shape index (κ2) is 10.1. The summed E-state index contributed by atoms with van der Waals surface area (Å²) in [6, 6.07) is 9.34. The Balaban J connectivity index is 1.65. The lowest BCUT2D eigenvalue weighted by atomic mass is 10.2. The maximum atomic E-state index is 12.5. The van der Waals surface area contributed by atoms with Gasteiger partial charge in [0.2, 0.25) is 0 Å². The third kappa shape index (κ3) is 5.09. The number of carbonyl (C=O) groups excluding carboxylic acids is 2. The molecule has 1 atom stereocenters. The van der Waals surface area contributed by atoms with E-state index in [1.54, 1.807) is 18.9 Å². The van der Waals surface area contributed by atoms with Gasteiger partial charge >= 0.3 is 6.09 Å². The molecule has 0 radical (unpaired) electrons. The zero-order valence-corrected chi connectivity index (χ0v) is 18.0. The summed E-state index contributed by atoms with van der Waals surface area (Å²) in [6.07, 6.45) is 1.17. The highest BCUT2D eigenvalue weighted by Crippen LogP contribution is 2.27. The van der Waals surface area contributed by atoms with Crippen LogP contribution in [0.5, 0.6) is 0 Å². The van der Waals surface area contributed by atoms with Crippen LogP contribution in [0.15, 0.2) is 36.5 Å². The molecule has 1 saturated heterocycles. The van der Waals surface area contributed by atoms with Crippen molar-refractivity contribution in [3.63, 3.8) is 0 Å². The molecule has 1 aliphatic rings. The number of hydroxylamine groups is 2. The van der Waals surface area contributed by atoms with Crippen molar-refractivity contribution in [2.45, 2.75) is 19.6 Å². The predicted molar refractivity (Wildman–Crippen MR) is 114 cm³/mol. The van der Waals surface area contributed by atoms with Crippen LogP contribution in [0.3, 0.4) is 0 Å². The maximum absolute atomic E-state index is 12.5. The Morgan fingerprint density at radius 2 is 2.07 bits per heavy atom.